The Morgan fingerprint density at radius 1 is 0.795 bits per heavy atom. The summed E-state index contributed by atoms with van der Waals surface area (Å²) >= 11 is 1.35. The van der Waals surface area contributed by atoms with Gasteiger partial charge in [-0.05, 0) is 79.7 Å². The molecule has 39 heavy (non-hydrogen) atoms. The number of hydrogen-bond donors (Lipinski definition) is 1. The van der Waals surface area contributed by atoms with Crippen LogP contribution in [-0.4, -0.2) is 53.6 Å². The molecule has 1 amide bonds. The lowest BCUT2D eigenvalue weighted by Crippen LogP contribution is -2.12. The Morgan fingerprint density at radius 2 is 1.38 bits per heavy atom. The molecule has 0 spiro atoms. The number of benzene rings is 3. The Morgan fingerprint density at radius 3 is 1.95 bits per heavy atom. The summed E-state index contributed by atoms with van der Waals surface area (Å²) in [5, 5.41) is 12.1. The third-order valence-corrected chi connectivity index (χ3v) is 6.47. The van der Waals surface area contributed by atoms with E-state index < -0.39 is 5.97 Å². The van der Waals surface area contributed by atoms with E-state index in [0.29, 0.717) is 40.2 Å². The first-order chi connectivity index (χ1) is 19.0. The van der Waals surface area contributed by atoms with Crippen molar-refractivity contribution in [2.45, 2.75) is 18.5 Å². The minimum Gasteiger partial charge on any atom is -0.497 e. The number of aromatic nitrogens is 3. The van der Waals surface area contributed by atoms with Crippen LogP contribution in [0.4, 0.5) is 5.69 Å². The maximum atomic E-state index is 12.5. The molecule has 0 aliphatic carbocycles. The molecule has 3 aromatic carbocycles. The Bertz CT molecular complexity index is 1410. The van der Waals surface area contributed by atoms with Crippen molar-refractivity contribution in [1.82, 2.24) is 15.2 Å². The molecule has 0 radical (unpaired) electrons. The molecule has 4 rings (SSSR count). The number of methoxy groups -OCH3 is 2. The van der Waals surface area contributed by atoms with Gasteiger partial charge in [0, 0.05) is 29.0 Å². The van der Waals surface area contributed by atoms with Crippen LogP contribution in [-0.2, 0) is 9.53 Å². The molecule has 9 nitrogen and oxygen atoms in total. The molecule has 0 atom stereocenters. The van der Waals surface area contributed by atoms with Gasteiger partial charge in [-0.25, -0.2) is 9.78 Å². The van der Waals surface area contributed by atoms with E-state index in [1.807, 2.05) is 48.5 Å². The topological polar surface area (TPSA) is 113 Å². The summed E-state index contributed by atoms with van der Waals surface area (Å²) in [6.07, 6.45) is 0.242. The number of thioether (sulfide) groups is 1. The maximum Gasteiger partial charge on any atom is 0.338 e. The molecule has 1 N–H and O–H groups in total. The number of carbonyl (C=O) groups excluding carboxylic acids is 2. The summed E-state index contributed by atoms with van der Waals surface area (Å²) in [7, 11) is 3.24. The van der Waals surface area contributed by atoms with Crippen LogP contribution < -0.4 is 14.8 Å². The number of nitrogens with one attached hydrogen (secondary N) is 1. The average molecular weight is 545 g/mol. The van der Waals surface area contributed by atoms with Crippen LogP contribution in [0.1, 0.15) is 23.7 Å². The number of esters is 1. The van der Waals surface area contributed by atoms with Crippen molar-refractivity contribution in [2.75, 3.05) is 31.9 Å². The van der Waals surface area contributed by atoms with Crippen LogP contribution in [0.25, 0.3) is 22.5 Å². The van der Waals surface area contributed by atoms with E-state index in [4.69, 9.17) is 19.2 Å². The van der Waals surface area contributed by atoms with E-state index in [-0.39, 0.29) is 12.3 Å². The lowest BCUT2D eigenvalue weighted by atomic mass is 10.0. The first kappa shape index (κ1) is 27.6. The van der Waals surface area contributed by atoms with Crippen molar-refractivity contribution in [2.24, 2.45) is 0 Å². The number of carbonyl (C=O) groups is 2. The Hall–Kier alpha value is -4.44. The first-order valence-corrected chi connectivity index (χ1v) is 13.2. The summed E-state index contributed by atoms with van der Waals surface area (Å²) in [6.45, 7) is 2.06. The van der Waals surface area contributed by atoms with Crippen LogP contribution in [0.2, 0.25) is 0 Å². The molecule has 0 aliphatic rings. The Kier molecular flexibility index (Phi) is 9.47. The lowest BCUT2D eigenvalue weighted by molar-refractivity contribution is -0.115. The van der Waals surface area contributed by atoms with Gasteiger partial charge in [-0.3, -0.25) is 4.79 Å². The van der Waals surface area contributed by atoms with Crippen molar-refractivity contribution in [3.8, 4) is 34.0 Å². The number of amides is 1. The molecule has 200 valence electrons. The highest BCUT2D eigenvalue weighted by atomic mass is 32.2. The van der Waals surface area contributed by atoms with Crippen molar-refractivity contribution >= 4 is 29.3 Å². The number of hydrogen-bond acceptors (Lipinski definition) is 9. The molecule has 0 saturated carbocycles. The zero-order chi connectivity index (χ0) is 27.6. The van der Waals surface area contributed by atoms with Crippen molar-refractivity contribution in [3.05, 3.63) is 78.4 Å². The second kappa shape index (κ2) is 13.4. The zero-order valence-electron chi connectivity index (χ0n) is 21.8. The van der Waals surface area contributed by atoms with Crippen LogP contribution in [0.5, 0.6) is 11.5 Å². The fraction of sp³-hybridized carbons (Fsp3) is 0.207. The third kappa shape index (κ3) is 7.32. The molecular formula is C29H28N4O5S. The molecule has 0 saturated heterocycles. The Labute approximate surface area is 230 Å². The minimum atomic E-state index is -0.396. The summed E-state index contributed by atoms with van der Waals surface area (Å²) in [5.41, 5.74) is 4.05. The SMILES string of the molecule is CCOC(=O)c1ccc(NC(=O)CCSc2nnc(-c3ccc(OC)cc3)c(-c3ccc(OC)cc3)n2)cc1. The third-order valence-electron chi connectivity index (χ3n) is 5.63. The van der Waals surface area contributed by atoms with Gasteiger partial charge in [0.1, 0.15) is 22.9 Å². The summed E-state index contributed by atoms with van der Waals surface area (Å²) in [4.78, 5) is 29.0. The zero-order valence-corrected chi connectivity index (χ0v) is 22.7. The van der Waals surface area contributed by atoms with Crippen LogP contribution in [0.3, 0.4) is 0 Å². The standard InChI is InChI=1S/C29H28N4O5S/c1-4-38-28(35)21-5-11-22(12-6-21)30-25(34)17-18-39-29-31-26(19-7-13-23(36-2)14-8-19)27(32-33-29)20-9-15-24(37-3)16-10-20/h5-16H,4,17-18H2,1-3H3,(H,30,34). The summed E-state index contributed by atoms with van der Waals surface area (Å²) in [5.74, 6) is 1.38. The lowest BCUT2D eigenvalue weighted by Gasteiger charge is -2.11. The Balaban J connectivity index is 1.44. The van der Waals surface area contributed by atoms with E-state index in [9.17, 15) is 9.59 Å². The van der Waals surface area contributed by atoms with Gasteiger partial charge in [0.2, 0.25) is 11.1 Å². The molecular weight excluding hydrogens is 516 g/mol. The van der Waals surface area contributed by atoms with Gasteiger partial charge in [-0.2, -0.15) is 0 Å². The fourth-order valence-electron chi connectivity index (χ4n) is 3.63. The highest BCUT2D eigenvalue weighted by Gasteiger charge is 2.15. The molecule has 1 aromatic heterocycles. The average Bonchev–Trinajstić information content (AvgIpc) is 2.98. The van der Waals surface area contributed by atoms with Crippen molar-refractivity contribution in [3.63, 3.8) is 0 Å². The first-order valence-electron chi connectivity index (χ1n) is 12.2. The van der Waals surface area contributed by atoms with E-state index in [0.717, 1.165) is 22.6 Å². The second-order valence-corrected chi connectivity index (χ2v) is 9.26. The quantitative estimate of drug-likeness (QED) is 0.193. The minimum absolute atomic E-state index is 0.162. The van der Waals surface area contributed by atoms with E-state index in [2.05, 4.69) is 15.5 Å². The molecule has 0 aliphatic heterocycles. The van der Waals surface area contributed by atoms with Crippen LogP contribution in [0.15, 0.2) is 78.0 Å². The van der Waals surface area contributed by atoms with Gasteiger partial charge in [-0.1, -0.05) is 11.8 Å². The normalized spacial score (nSPS) is 10.5. The number of anilines is 1. The largest absolute Gasteiger partial charge is 0.497 e. The maximum absolute atomic E-state index is 12.5. The number of rotatable bonds is 11. The van der Waals surface area contributed by atoms with Gasteiger partial charge in [0.05, 0.1) is 26.4 Å². The predicted octanol–water partition coefficient (Wildman–Crippen LogP) is 5.52. The molecule has 1 heterocycles. The van der Waals surface area contributed by atoms with Gasteiger partial charge < -0.3 is 19.5 Å². The summed E-state index contributed by atoms with van der Waals surface area (Å²) in [6, 6.07) is 21.7. The van der Waals surface area contributed by atoms with Crippen LogP contribution in [0, 0.1) is 0 Å². The number of ether oxygens (including phenoxy) is 3. The molecule has 0 bridgehead atoms. The fourth-order valence-corrected chi connectivity index (χ4v) is 4.35. The van der Waals surface area contributed by atoms with Gasteiger partial charge in [0.15, 0.2) is 0 Å². The molecule has 0 unspecified atom stereocenters. The van der Waals surface area contributed by atoms with Gasteiger partial charge in [-0.15, -0.1) is 10.2 Å². The summed E-state index contributed by atoms with van der Waals surface area (Å²) < 4.78 is 15.5. The van der Waals surface area contributed by atoms with Crippen molar-refractivity contribution in [1.29, 1.82) is 0 Å². The van der Waals surface area contributed by atoms with Gasteiger partial charge in [0.25, 0.3) is 0 Å². The second-order valence-electron chi connectivity index (χ2n) is 8.19. The van der Waals surface area contributed by atoms with Gasteiger partial charge >= 0.3 is 5.97 Å². The molecule has 10 heteroatoms. The number of nitrogens with zero attached hydrogens (tertiary/aromatic N) is 3. The van der Waals surface area contributed by atoms with Crippen LogP contribution >= 0.6 is 11.8 Å². The monoisotopic (exact) mass is 544 g/mol. The molecule has 4 aromatic rings. The highest BCUT2D eigenvalue weighted by molar-refractivity contribution is 7.99. The van der Waals surface area contributed by atoms with E-state index in [1.165, 1.54) is 11.8 Å². The molecule has 0 fully saturated rings. The highest BCUT2D eigenvalue weighted by Crippen LogP contribution is 2.32. The van der Waals surface area contributed by atoms with Crippen molar-refractivity contribution < 1.29 is 23.8 Å². The van der Waals surface area contributed by atoms with E-state index >= 15 is 0 Å². The van der Waals surface area contributed by atoms with E-state index in [1.54, 1.807) is 45.4 Å². The smallest absolute Gasteiger partial charge is 0.338 e. The predicted molar refractivity (Wildman–Crippen MR) is 150 cm³/mol.